The molecule has 3 aromatic rings. The molecule has 1 aromatic heterocycles. The third-order valence-corrected chi connectivity index (χ3v) is 10.7. The van der Waals surface area contributed by atoms with Gasteiger partial charge in [0.1, 0.15) is 6.10 Å². The molecular formula is C36H50N4O8S. The Morgan fingerprint density at radius 2 is 1.92 bits per heavy atom. The average Bonchev–Trinajstić information content (AvgIpc) is 3.73. The van der Waals surface area contributed by atoms with Crippen LogP contribution in [0.3, 0.4) is 0 Å². The number of ether oxygens (including phenoxy) is 3. The van der Waals surface area contributed by atoms with Crippen molar-refractivity contribution in [2.75, 3.05) is 32.8 Å². The molecule has 4 N–H and O–H groups in total. The molecule has 2 fully saturated rings. The molecule has 0 radical (unpaired) electrons. The van der Waals surface area contributed by atoms with E-state index in [1.165, 1.54) is 16.4 Å². The molecule has 0 aliphatic carbocycles. The van der Waals surface area contributed by atoms with Crippen molar-refractivity contribution in [1.29, 1.82) is 0 Å². The standard InChI is InChI=1S/C36H50N4O8S/c1-23(2)20-40(49(44,45)25-11-12-29-27(18-25)28(33(42)38-29)19-37-15-14-36(3,4)5)21-31(41)30(17-24-9-7-6-8-10-24)39-35(43)48-32-22-47-34-26(32)13-16-46-34/h6-12,18-19,23,26,30-32,34,38,41-42H,13-17,20-22H2,1-5H3,(H,39,43)/t26-,30-,31+,32-,34+/m0/s1. The number of nitrogens with one attached hydrogen (secondary N) is 2. The van der Waals surface area contributed by atoms with Crippen molar-refractivity contribution >= 4 is 33.2 Å². The summed E-state index contributed by atoms with van der Waals surface area (Å²) in [6.07, 6.45) is 0.531. The number of sulfonamides is 1. The second kappa shape index (κ2) is 15.6. The summed E-state index contributed by atoms with van der Waals surface area (Å²) in [5, 5.41) is 25.6. The third kappa shape index (κ3) is 9.40. The van der Waals surface area contributed by atoms with Crippen LogP contribution < -0.4 is 5.32 Å². The first kappa shape index (κ1) is 36.8. The van der Waals surface area contributed by atoms with Gasteiger partial charge in [-0.25, -0.2) is 13.2 Å². The number of aromatic amines is 1. The van der Waals surface area contributed by atoms with Gasteiger partial charge in [0.05, 0.1) is 41.7 Å². The lowest BCUT2D eigenvalue weighted by atomic mass is 9.92. The maximum Gasteiger partial charge on any atom is 0.407 e. The van der Waals surface area contributed by atoms with E-state index in [2.05, 4.69) is 36.1 Å². The first-order valence-corrected chi connectivity index (χ1v) is 18.4. The van der Waals surface area contributed by atoms with Gasteiger partial charge in [-0.1, -0.05) is 65.0 Å². The van der Waals surface area contributed by atoms with Crippen LogP contribution in [0.5, 0.6) is 5.88 Å². The van der Waals surface area contributed by atoms with Gasteiger partial charge in [0.25, 0.3) is 0 Å². The number of carbonyl (C=O) groups excluding carboxylic acids is 1. The van der Waals surface area contributed by atoms with E-state index in [0.717, 1.165) is 18.4 Å². The predicted octanol–water partition coefficient (Wildman–Crippen LogP) is 4.84. The molecule has 5 atom stereocenters. The second-order valence-electron chi connectivity index (χ2n) is 14.6. The van der Waals surface area contributed by atoms with Gasteiger partial charge in [0.15, 0.2) is 12.2 Å². The van der Waals surface area contributed by atoms with Gasteiger partial charge in [-0.15, -0.1) is 0 Å². The molecule has 268 valence electrons. The maximum atomic E-state index is 14.2. The fourth-order valence-corrected chi connectivity index (χ4v) is 7.86. The van der Waals surface area contributed by atoms with Gasteiger partial charge in [0, 0.05) is 36.8 Å². The van der Waals surface area contributed by atoms with Crippen LogP contribution in [0.4, 0.5) is 4.79 Å². The molecule has 5 rings (SSSR count). The number of aromatic hydroxyl groups is 1. The molecule has 2 aliphatic heterocycles. The number of aliphatic hydroxyl groups is 1. The van der Waals surface area contributed by atoms with Gasteiger partial charge in [-0.2, -0.15) is 4.31 Å². The summed E-state index contributed by atoms with van der Waals surface area (Å²) in [6.45, 7) is 11.3. The number of aliphatic imine (C=N–C) groups is 1. The molecule has 0 unspecified atom stereocenters. The van der Waals surface area contributed by atoms with Gasteiger partial charge >= 0.3 is 6.09 Å². The Bertz CT molecular complexity index is 1700. The van der Waals surface area contributed by atoms with Crippen LogP contribution in [0.1, 0.15) is 58.6 Å². The van der Waals surface area contributed by atoms with Crippen LogP contribution in [0.2, 0.25) is 0 Å². The Kier molecular flexibility index (Phi) is 11.7. The monoisotopic (exact) mass is 698 g/mol. The lowest BCUT2D eigenvalue weighted by Crippen LogP contribution is -2.51. The van der Waals surface area contributed by atoms with Crippen molar-refractivity contribution in [3.63, 3.8) is 0 Å². The van der Waals surface area contributed by atoms with Crippen LogP contribution >= 0.6 is 0 Å². The number of aliphatic hydroxyl groups excluding tert-OH is 1. The summed E-state index contributed by atoms with van der Waals surface area (Å²) in [6, 6.07) is 13.1. The number of nitrogens with zero attached hydrogens (tertiary/aromatic N) is 2. The highest BCUT2D eigenvalue weighted by molar-refractivity contribution is 7.89. The number of fused-ring (bicyclic) bond motifs is 2. The van der Waals surface area contributed by atoms with Crippen molar-refractivity contribution < 1.29 is 37.6 Å². The predicted molar refractivity (Wildman–Crippen MR) is 187 cm³/mol. The van der Waals surface area contributed by atoms with Gasteiger partial charge in [-0.3, -0.25) is 4.99 Å². The number of amides is 1. The molecule has 0 bridgehead atoms. The fourth-order valence-electron chi connectivity index (χ4n) is 6.21. The number of aromatic nitrogens is 1. The Balaban J connectivity index is 1.37. The topological polar surface area (TPSA) is 163 Å². The van der Waals surface area contributed by atoms with Crippen LogP contribution in [0.15, 0.2) is 58.4 Å². The minimum absolute atomic E-state index is 0.0118. The van der Waals surface area contributed by atoms with Crippen molar-refractivity contribution in [2.24, 2.45) is 22.2 Å². The highest BCUT2D eigenvalue weighted by atomic mass is 32.2. The Hall–Kier alpha value is -3.49. The molecule has 49 heavy (non-hydrogen) atoms. The van der Waals surface area contributed by atoms with Crippen molar-refractivity contribution in [1.82, 2.24) is 14.6 Å². The quantitative estimate of drug-likeness (QED) is 0.174. The summed E-state index contributed by atoms with van der Waals surface area (Å²) >= 11 is 0. The van der Waals surface area contributed by atoms with Crippen LogP contribution in [0, 0.1) is 17.3 Å². The molecular weight excluding hydrogens is 648 g/mol. The lowest BCUT2D eigenvalue weighted by Gasteiger charge is -2.31. The number of carbonyl (C=O) groups is 1. The average molecular weight is 699 g/mol. The van der Waals surface area contributed by atoms with Gasteiger partial charge in [-0.05, 0) is 54.4 Å². The molecule has 2 saturated heterocycles. The number of alkyl carbamates (subject to hydrolysis) is 1. The van der Waals surface area contributed by atoms with E-state index in [0.29, 0.717) is 29.6 Å². The Morgan fingerprint density at radius 3 is 2.63 bits per heavy atom. The summed E-state index contributed by atoms with van der Waals surface area (Å²) in [5.41, 5.74) is 1.93. The number of hydrogen-bond acceptors (Lipinski definition) is 9. The molecule has 2 aliphatic rings. The number of benzene rings is 2. The minimum atomic E-state index is -4.14. The van der Waals surface area contributed by atoms with E-state index >= 15 is 0 Å². The molecule has 3 heterocycles. The lowest BCUT2D eigenvalue weighted by molar-refractivity contribution is -0.0907. The highest BCUT2D eigenvalue weighted by Crippen LogP contribution is 2.33. The molecule has 13 heteroatoms. The van der Waals surface area contributed by atoms with E-state index < -0.39 is 34.4 Å². The first-order chi connectivity index (χ1) is 23.2. The minimum Gasteiger partial charge on any atom is -0.494 e. The third-order valence-electron chi connectivity index (χ3n) is 8.91. The summed E-state index contributed by atoms with van der Waals surface area (Å²) in [5.74, 6) is -0.216. The fraction of sp³-hybridized carbons (Fsp3) is 0.556. The van der Waals surface area contributed by atoms with E-state index in [1.54, 1.807) is 12.3 Å². The zero-order valence-corrected chi connectivity index (χ0v) is 29.8. The smallest absolute Gasteiger partial charge is 0.407 e. The molecule has 1 amide bonds. The van der Waals surface area contributed by atoms with Gasteiger partial charge in [0.2, 0.25) is 10.0 Å². The van der Waals surface area contributed by atoms with Crippen LogP contribution in [-0.4, -0.2) is 97.6 Å². The van der Waals surface area contributed by atoms with Crippen molar-refractivity contribution in [2.45, 2.75) is 83.3 Å². The SMILES string of the molecule is CC(C)CN(C[C@@H](O)[C@H](Cc1ccccc1)NC(=O)O[C@H]1CO[C@H]2OCC[C@H]21)S(=O)(=O)c1ccc2[nH]c(O)c(C=NCCC(C)(C)C)c2c1. The Morgan fingerprint density at radius 1 is 1.16 bits per heavy atom. The molecule has 2 aromatic carbocycles. The van der Waals surface area contributed by atoms with E-state index in [-0.39, 0.29) is 60.4 Å². The molecule has 12 nitrogen and oxygen atoms in total. The van der Waals surface area contributed by atoms with Crippen LogP contribution in [0.25, 0.3) is 10.9 Å². The zero-order chi connectivity index (χ0) is 35.3. The van der Waals surface area contributed by atoms with Crippen LogP contribution in [-0.2, 0) is 30.7 Å². The molecule has 0 saturated carbocycles. The van der Waals surface area contributed by atoms with Gasteiger partial charge < -0.3 is 34.7 Å². The van der Waals surface area contributed by atoms with E-state index in [1.807, 2.05) is 44.2 Å². The first-order valence-electron chi connectivity index (χ1n) is 17.0. The number of hydrogen-bond donors (Lipinski definition) is 4. The summed E-state index contributed by atoms with van der Waals surface area (Å²) < 4.78 is 46.6. The maximum absolute atomic E-state index is 14.2. The summed E-state index contributed by atoms with van der Waals surface area (Å²) in [4.78, 5) is 20.6. The van der Waals surface area contributed by atoms with E-state index in [9.17, 15) is 23.4 Å². The van der Waals surface area contributed by atoms with E-state index in [4.69, 9.17) is 14.2 Å². The second-order valence-corrected chi connectivity index (χ2v) is 16.6. The summed E-state index contributed by atoms with van der Waals surface area (Å²) in [7, 11) is -4.14. The number of H-pyrrole nitrogens is 1. The zero-order valence-electron chi connectivity index (χ0n) is 29.0. The normalized spacial score (nSPS) is 21.1. The van der Waals surface area contributed by atoms with Crippen molar-refractivity contribution in [3.05, 3.63) is 59.7 Å². The van der Waals surface area contributed by atoms with Crippen molar-refractivity contribution in [3.8, 4) is 5.88 Å². The number of rotatable bonds is 14. The molecule has 0 spiro atoms. The Labute approximate surface area is 288 Å². The highest BCUT2D eigenvalue weighted by Gasteiger charge is 2.44. The largest absolute Gasteiger partial charge is 0.494 e.